The molecule has 0 spiro atoms. The number of hydrogen-bond acceptors (Lipinski definition) is 6. The van der Waals surface area contributed by atoms with Crippen molar-refractivity contribution in [2.75, 3.05) is 6.54 Å². The Balaban J connectivity index is 2.26. The molecule has 0 radical (unpaired) electrons. The molecule has 110 valence electrons. The predicted octanol–water partition coefficient (Wildman–Crippen LogP) is -0.531. The van der Waals surface area contributed by atoms with Gasteiger partial charge in [-0.05, 0) is 0 Å². The van der Waals surface area contributed by atoms with Gasteiger partial charge in [-0.3, -0.25) is 19.2 Å². The zero-order valence-corrected chi connectivity index (χ0v) is 11.1. The number of amides is 3. The van der Waals surface area contributed by atoms with Gasteiger partial charge in [0.1, 0.15) is 0 Å². The van der Waals surface area contributed by atoms with Gasteiger partial charge in [-0.25, -0.2) is 4.79 Å². The summed E-state index contributed by atoms with van der Waals surface area (Å²) in [5.41, 5.74) is 0. The first-order valence-corrected chi connectivity index (χ1v) is 6.29. The van der Waals surface area contributed by atoms with Gasteiger partial charge in [0.05, 0.1) is 13.0 Å². The molecule has 3 amide bonds. The van der Waals surface area contributed by atoms with E-state index >= 15 is 0 Å². The Morgan fingerprint density at radius 1 is 1.15 bits per heavy atom. The summed E-state index contributed by atoms with van der Waals surface area (Å²) in [6.07, 6.45) is -0.0619. The maximum atomic E-state index is 11.4. The maximum absolute atomic E-state index is 11.4. The lowest BCUT2D eigenvalue weighted by molar-refractivity contribution is -0.197. The van der Waals surface area contributed by atoms with Crippen molar-refractivity contribution in [2.45, 2.75) is 39.0 Å². The lowest BCUT2D eigenvalue weighted by Gasteiger charge is -2.12. The predicted molar refractivity (Wildman–Crippen MR) is 64.7 cm³/mol. The third-order valence-electron chi connectivity index (χ3n) is 2.61. The van der Waals surface area contributed by atoms with Crippen LogP contribution in [0.1, 0.15) is 39.0 Å². The van der Waals surface area contributed by atoms with E-state index < -0.39 is 17.8 Å². The van der Waals surface area contributed by atoms with E-state index in [9.17, 15) is 24.0 Å². The standard InChI is InChI=1S/C12H16N2O6/c1-2-9(16)13-7-8(15)3-6-12(19)20-14-10(17)4-5-11(14)18/h2-7H2,1H3,(H,13,16). The SMILES string of the molecule is CCC(=O)NCC(=O)CCC(=O)ON1C(=O)CCC1=O. The van der Waals surface area contributed by atoms with Gasteiger partial charge >= 0.3 is 5.97 Å². The molecule has 1 heterocycles. The van der Waals surface area contributed by atoms with Crippen molar-refractivity contribution < 1.29 is 28.8 Å². The fraction of sp³-hybridized carbons (Fsp3) is 0.583. The van der Waals surface area contributed by atoms with Crippen LogP contribution in [0.25, 0.3) is 0 Å². The molecule has 1 fully saturated rings. The zero-order valence-electron chi connectivity index (χ0n) is 11.1. The molecule has 1 rings (SSSR count). The number of imide groups is 1. The minimum atomic E-state index is -0.830. The third kappa shape index (κ3) is 4.79. The Bertz CT molecular complexity index is 429. The highest BCUT2D eigenvalue weighted by Gasteiger charge is 2.32. The first-order chi connectivity index (χ1) is 9.43. The molecule has 0 aliphatic carbocycles. The Hall–Kier alpha value is -2.25. The van der Waals surface area contributed by atoms with Crippen molar-refractivity contribution in [3.8, 4) is 0 Å². The third-order valence-corrected chi connectivity index (χ3v) is 2.61. The van der Waals surface area contributed by atoms with Crippen molar-refractivity contribution >= 4 is 29.5 Å². The fourth-order valence-corrected chi connectivity index (χ4v) is 1.46. The van der Waals surface area contributed by atoms with Crippen molar-refractivity contribution in [1.82, 2.24) is 10.4 Å². The van der Waals surface area contributed by atoms with E-state index in [2.05, 4.69) is 10.2 Å². The molecule has 1 saturated heterocycles. The molecule has 1 aliphatic heterocycles. The Morgan fingerprint density at radius 2 is 1.75 bits per heavy atom. The largest absolute Gasteiger partial charge is 0.349 e. The Kier molecular flexibility index (Phi) is 5.82. The summed E-state index contributed by atoms with van der Waals surface area (Å²) in [5.74, 6) is -2.55. The fourth-order valence-electron chi connectivity index (χ4n) is 1.46. The Labute approximate surface area is 115 Å². The smallest absolute Gasteiger partial charge is 0.333 e. The number of nitrogens with one attached hydrogen (secondary N) is 1. The van der Waals surface area contributed by atoms with E-state index in [0.717, 1.165) is 0 Å². The molecule has 0 aromatic carbocycles. The van der Waals surface area contributed by atoms with Crippen molar-refractivity contribution in [3.05, 3.63) is 0 Å². The molecule has 0 atom stereocenters. The van der Waals surface area contributed by atoms with Crippen LogP contribution in [-0.4, -0.2) is 41.1 Å². The number of rotatable bonds is 7. The zero-order chi connectivity index (χ0) is 15.1. The molecular weight excluding hydrogens is 268 g/mol. The van der Waals surface area contributed by atoms with Gasteiger partial charge in [-0.2, -0.15) is 0 Å². The lowest BCUT2D eigenvalue weighted by atomic mass is 10.2. The quantitative estimate of drug-likeness (QED) is 0.629. The summed E-state index contributed by atoms with van der Waals surface area (Å²) in [4.78, 5) is 60.6. The van der Waals surface area contributed by atoms with Gasteiger partial charge in [-0.1, -0.05) is 6.92 Å². The minimum absolute atomic E-state index is 0.0219. The van der Waals surface area contributed by atoms with Gasteiger partial charge in [0.25, 0.3) is 11.8 Å². The van der Waals surface area contributed by atoms with Crippen LogP contribution in [0, 0.1) is 0 Å². The average molecular weight is 284 g/mol. The van der Waals surface area contributed by atoms with Crippen LogP contribution in [0.5, 0.6) is 0 Å². The van der Waals surface area contributed by atoms with Gasteiger partial charge in [0.15, 0.2) is 5.78 Å². The number of carbonyl (C=O) groups excluding carboxylic acids is 5. The second-order valence-electron chi connectivity index (χ2n) is 4.21. The van der Waals surface area contributed by atoms with Crippen LogP contribution in [0.4, 0.5) is 0 Å². The molecule has 8 nitrogen and oxygen atoms in total. The van der Waals surface area contributed by atoms with Crippen molar-refractivity contribution in [2.24, 2.45) is 0 Å². The lowest BCUT2D eigenvalue weighted by Crippen LogP contribution is -2.32. The summed E-state index contributed by atoms with van der Waals surface area (Å²) >= 11 is 0. The van der Waals surface area contributed by atoms with Gasteiger partial charge < -0.3 is 10.2 Å². The van der Waals surface area contributed by atoms with E-state index in [1.165, 1.54) is 0 Å². The van der Waals surface area contributed by atoms with Crippen molar-refractivity contribution in [3.63, 3.8) is 0 Å². The molecule has 0 unspecified atom stereocenters. The number of hydrogen-bond donors (Lipinski definition) is 1. The minimum Gasteiger partial charge on any atom is -0.349 e. The van der Waals surface area contributed by atoms with Gasteiger partial charge in [0, 0.05) is 25.7 Å². The van der Waals surface area contributed by atoms with E-state index in [1.807, 2.05) is 0 Å². The van der Waals surface area contributed by atoms with E-state index in [1.54, 1.807) is 6.92 Å². The molecule has 0 bridgehead atoms. The van der Waals surface area contributed by atoms with Crippen LogP contribution in [-0.2, 0) is 28.8 Å². The topological polar surface area (TPSA) is 110 Å². The number of nitrogens with zero attached hydrogens (tertiary/aromatic N) is 1. The van der Waals surface area contributed by atoms with E-state index in [0.29, 0.717) is 5.06 Å². The first kappa shape index (κ1) is 15.8. The average Bonchev–Trinajstić information content (AvgIpc) is 2.74. The number of carbonyl (C=O) groups is 5. The van der Waals surface area contributed by atoms with Crippen LogP contribution >= 0.6 is 0 Å². The first-order valence-electron chi connectivity index (χ1n) is 6.29. The van der Waals surface area contributed by atoms with Crippen LogP contribution in [0.3, 0.4) is 0 Å². The van der Waals surface area contributed by atoms with Crippen LogP contribution in [0.2, 0.25) is 0 Å². The van der Waals surface area contributed by atoms with Crippen LogP contribution < -0.4 is 5.32 Å². The highest BCUT2D eigenvalue weighted by Crippen LogP contribution is 2.12. The van der Waals surface area contributed by atoms with Gasteiger partial charge in [-0.15, -0.1) is 5.06 Å². The van der Waals surface area contributed by atoms with E-state index in [-0.39, 0.29) is 50.3 Å². The summed E-state index contributed by atoms with van der Waals surface area (Å²) < 4.78 is 0. The highest BCUT2D eigenvalue weighted by molar-refractivity contribution is 6.01. The molecule has 20 heavy (non-hydrogen) atoms. The molecule has 1 aliphatic rings. The molecule has 8 heteroatoms. The monoisotopic (exact) mass is 284 g/mol. The molecule has 0 aromatic rings. The van der Waals surface area contributed by atoms with Gasteiger partial charge in [0.2, 0.25) is 5.91 Å². The van der Waals surface area contributed by atoms with E-state index in [4.69, 9.17) is 0 Å². The molecule has 1 N–H and O–H groups in total. The molecule has 0 saturated carbocycles. The number of Topliss-reactive ketones (excluding diaryl/α,β-unsaturated/α-hetero) is 1. The number of hydroxylamine groups is 2. The highest BCUT2D eigenvalue weighted by atomic mass is 16.7. The molecule has 0 aromatic heterocycles. The normalized spacial score (nSPS) is 14.3. The summed E-state index contributed by atoms with van der Waals surface area (Å²) in [6, 6.07) is 0. The van der Waals surface area contributed by atoms with Crippen molar-refractivity contribution in [1.29, 1.82) is 0 Å². The summed E-state index contributed by atoms with van der Waals surface area (Å²) in [7, 11) is 0. The summed E-state index contributed by atoms with van der Waals surface area (Å²) in [6.45, 7) is 1.50. The second kappa shape index (κ2) is 7.37. The maximum Gasteiger partial charge on any atom is 0.333 e. The molecular formula is C12H16N2O6. The Morgan fingerprint density at radius 3 is 2.30 bits per heavy atom. The second-order valence-corrected chi connectivity index (χ2v) is 4.21. The summed E-state index contributed by atoms with van der Waals surface area (Å²) in [5, 5.41) is 2.82. The van der Waals surface area contributed by atoms with Crippen LogP contribution in [0.15, 0.2) is 0 Å². The number of ketones is 1.